The first kappa shape index (κ1) is 15.8. The molecule has 118 valence electrons. The van der Waals surface area contributed by atoms with Crippen molar-refractivity contribution in [1.82, 2.24) is 0 Å². The van der Waals surface area contributed by atoms with Crippen molar-refractivity contribution in [2.45, 2.75) is 0 Å². The predicted molar refractivity (Wildman–Crippen MR) is 103 cm³/mol. The van der Waals surface area contributed by atoms with Gasteiger partial charge in [0.2, 0.25) is 0 Å². The first-order valence-electron chi connectivity index (χ1n) is 7.95. The minimum Gasteiger partial charge on any atom is -0.496 e. The van der Waals surface area contributed by atoms with E-state index in [2.05, 4.69) is 55.1 Å². The van der Waals surface area contributed by atoms with E-state index in [0.717, 1.165) is 33.6 Å². The zero-order valence-corrected chi connectivity index (χ0v) is 13.8. The lowest BCUT2D eigenvalue weighted by atomic mass is 9.93. The van der Waals surface area contributed by atoms with Crippen LogP contribution in [0.4, 0.5) is 0 Å². The molecule has 0 amide bonds. The second-order valence-corrected chi connectivity index (χ2v) is 5.46. The van der Waals surface area contributed by atoms with E-state index in [4.69, 9.17) is 4.74 Å². The second kappa shape index (κ2) is 7.47. The summed E-state index contributed by atoms with van der Waals surface area (Å²) in [6.07, 6.45) is 4.08. The van der Waals surface area contributed by atoms with Crippen molar-refractivity contribution in [3.05, 3.63) is 108 Å². The SMILES string of the molecule is C=Cc1ccccc1C=C(c1ccccc1)c1ccccc1OC. The van der Waals surface area contributed by atoms with Crippen LogP contribution in [-0.4, -0.2) is 7.11 Å². The average molecular weight is 312 g/mol. The zero-order chi connectivity index (χ0) is 16.8. The predicted octanol–water partition coefficient (Wildman–Crippen LogP) is 5.93. The Morgan fingerprint density at radius 1 is 0.792 bits per heavy atom. The van der Waals surface area contributed by atoms with Gasteiger partial charge in [0.1, 0.15) is 5.75 Å². The Morgan fingerprint density at radius 2 is 1.42 bits per heavy atom. The fourth-order valence-corrected chi connectivity index (χ4v) is 2.79. The lowest BCUT2D eigenvalue weighted by Gasteiger charge is -2.14. The standard InChI is InChI=1S/C23H20O/c1-3-18-11-7-8-14-20(18)17-22(19-12-5-4-6-13-19)21-15-9-10-16-23(21)24-2/h3-17H,1H2,2H3. The summed E-state index contributed by atoms with van der Waals surface area (Å²) in [6, 6.07) is 26.7. The maximum absolute atomic E-state index is 5.58. The van der Waals surface area contributed by atoms with E-state index in [1.165, 1.54) is 0 Å². The topological polar surface area (TPSA) is 9.23 Å². The van der Waals surface area contributed by atoms with Gasteiger partial charge in [0.05, 0.1) is 7.11 Å². The van der Waals surface area contributed by atoms with Crippen molar-refractivity contribution in [1.29, 1.82) is 0 Å². The second-order valence-electron chi connectivity index (χ2n) is 5.46. The molecule has 0 saturated heterocycles. The molecule has 0 N–H and O–H groups in total. The molecule has 0 unspecified atom stereocenters. The minimum atomic E-state index is 0.865. The van der Waals surface area contributed by atoms with E-state index in [1.54, 1.807) is 7.11 Å². The Morgan fingerprint density at radius 3 is 2.12 bits per heavy atom. The van der Waals surface area contributed by atoms with Crippen molar-refractivity contribution in [2.24, 2.45) is 0 Å². The van der Waals surface area contributed by atoms with Crippen LogP contribution in [0.5, 0.6) is 5.75 Å². The van der Waals surface area contributed by atoms with Crippen LogP contribution < -0.4 is 4.74 Å². The molecule has 0 aliphatic rings. The van der Waals surface area contributed by atoms with Gasteiger partial charge in [0.25, 0.3) is 0 Å². The van der Waals surface area contributed by atoms with Crippen LogP contribution in [0.2, 0.25) is 0 Å². The molecule has 1 nitrogen and oxygen atoms in total. The Kier molecular flexibility index (Phi) is 4.93. The van der Waals surface area contributed by atoms with Gasteiger partial charge in [-0.2, -0.15) is 0 Å². The van der Waals surface area contributed by atoms with Crippen LogP contribution in [0.25, 0.3) is 17.7 Å². The van der Waals surface area contributed by atoms with Crippen molar-refractivity contribution in [3.63, 3.8) is 0 Å². The molecule has 0 heterocycles. The van der Waals surface area contributed by atoms with Gasteiger partial charge in [-0.3, -0.25) is 0 Å². The number of ether oxygens (including phenoxy) is 1. The van der Waals surface area contributed by atoms with Gasteiger partial charge in [-0.1, -0.05) is 85.5 Å². The van der Waals surface area contributed by atoms with Gasteiger partial charge in [-0.05, 0) is 34.4 Å². The lowest BCUT2D eigenvalue weighted by Crippen LogP contribution is -1.94. The Balaban J connectivity index is 2.23. The number of methoxy groups -OCH3 is 1. The van der Waals surface area contributed by atoms with Crippen LogP contribution in [0.3, 0.4) is 0 Å². The van der Waals surface area contributed by atoms with Crippen molar-refractivity contribution >= 4 is 17.7 Å². The van der Waals surface area contributed by atoms with Crippen molar-refractivity contribution in [3.8, 4) is 5.75 Å². The van der Waals surface area contributed by atoms with E-state index in [1.807, 2.05) is 42.5 Å². The molecule has 24 heavy (non-hydrogen) atoms. The molecule has 0 spiro atoms. The van der Waals surface area contributed by atoms with E-state index >= 15 is 0 Å². The van der Waals surface area contributed by atoms with Gasteiger partial charge < -0.3 is 4.74 Å². The van der Waals surface area contributed by atoms with Crippen LogP contribution >= 0.6 is 0 Å². The minimum absolute atomic E-state index is 0.865. The molecular formula is C23H20O. The first-order chi connectivity index (χ1) is 11.8. The summed E-state index contributed by atoms with van der Waals surface area (Å²) >= 11 is 0. The van der Waals surface area contributed by atoms with E-state index in [0.29, 0.717) is 0 Å². The molecule has 1 heteroatoms. The van der Waals surface area contributed by atoms with Gasteiger partial charge >= 0.3 is 0 Å². The summed E-state index contributed by atoms with van der Waals surface area (Å²) in [5, 5.41) is 0. The van der Waals surface area contributed by atoms with Crippen LogP contribution in [-0.2, 0) is 0 Å². The maximum Gasteiger partial charge on any atom is 0.126 e. The number of hydrogen-bond acceptors (Lipinski definition) is 1. The molecular weight excluding hydrogens is 292 g/mol. The van der Waals surface area contributed by atoms with E-state index in [9.17, 15) is 0 Å². The monoisotopic (exact) mass is 312 g/mol. The largest absolute Gasteiger partial charge is 0.496 e. The highest BCUT2D eigenvalue weighted by atomic mass is 16.5. The fourth-order valence-electron chi connectivity index (χ4n) is 2.79. The Hall–Kier alpha value is -3.06. The smallest absolute Gasteiger partial charge is 0.126 e. The van der Waals surface area contributed by atoms with Crippen molar-refractivity contribution in [2.75, 3.05) is 7.11 Å². The number of benzene rings is 3. The molecule has 3 aromatic carbocycles. The number of hydrogen-bond donors (Lipinski definition) is 0. The summed E-state index contributed by atoms with van der Waals surface area (Å²) in [4.78, 5) is 0. The molecule has 0 bridgehead atoms. The average Bonchev–Trinajstić information content (AvgIpc) is 2.67. The summed E-state index contributed by atoms with van der Waals surface area (Å²) in [5.74, 6) is 0.865. The highest BCUT2D eigenvalue weighted by molar-refractivity contribution is 5.94. The molecule has 0 saturated carbocycles. The number of para-hydroxylation sites is 1. The molecule has 0 aliphatic carbocycles. The Bertz CT molecular complexity index is 860. The third kappa shape index (κ3) is 3.31. The molecule has 3 aromatic rings. The van der Waals surface area contributed by atoms with Gasteiger partial charge in [0, 0.05) is 5.56 Å². The Labute approximate surface area is 143 Å². The van der Waals surface area contributed by atoms with Gasteiger partial charge in [-0.15, -0.1) is 0 Å². The summed E-state index contributed by atoms with van der Waals surface area (Å²) in [7, 11) is 1.71. The summed E-state index contributed by atoms with van der Waals surface area (Å²) < 4.78 is 5.58. The van der Waals surface area contributed by atoms with Crippen LogP contribution in [0.15, 0.2) is 85.4 Å². The maximum atomic E-state index is 5.58. The highest BCUT2D eigenvalue weighted by Crippen LogP contribution is 2.33. The van der Waals surface area contributed by atoms with Crippen LogP contribution in [0, 0.1) is 0 Å². The van der Waals surface area contributed by atoms with Gasteiger partial charge in [-0.25, -0.2) is 0 Å². The molecule has 0 fully saturated rings. The molecule has 0 aromatic heterocycles. The number of rotatable bonds is 5. The summed E-state index contributed by atoms with van der Waals surface area (Å²) in [6.45, 7) is 3.92. The highest BCUT2D eigenvalue weighted by Gasteiger charge is 2.11. The lowest BCUT2D eigenvalue weighted by molar-refractivity contribution is 0.413. The van der Waals surface area contributed by atoms with E-state index < -0.39 is 0 Å². The molecule has 3 rings (SSSR count). The molecule has 0 atom stereocenters. The third-order valence-electron chi connectivity index (χ3n) is 4.00. The normalized spacial score (nSPS) is 11.1. The summed E-state index contributed by atoms with van der Waals surface area (Å²) in [5.41, 5.74) is 5.60. The van der Waals surface area contributed by atoms with Gasteiger partial charge in [0.15, 0.2) is 0 Å². The molecule has 0 aliphatic heterocycles. The first-order valence-corrected chi connectivity index (χ1v) is 7.95. The van der Waals surface area contributed by atoms with E-state index in [-0.39, 0.29) is 0 Å². The van der Waals surface area contributed by atoms with Crippen LogP contribution in [0.1, 0.15) is 22.3 Å². The zero-order valence-electron chi connectivity index (χ0n) is 13.8. The molecule has 0 radical (unpaired) electrons. The fraction of sp³-hybridized carbons (Fsp3) is 0.0435. The van der Waals surface area contributed by atoms with Crippen molar-refractivity contribution < 1.29 is 4.74 Å². The quantitative estimate of drug-likeness (QED) is 0.531. The third-order valence-corrected chi connectivity index (χ3v) is 4.00.